The summed E-state index contributed by atoms with van der Waals surface area (Å²) in [6.45, 7) is 7.26. The highest BCUT2D eigenvalue weighted by molar-refractivity contribution is 7.89. The van der Waals surface area contributed by atoms with Gasteiger partial charge in [-0.2, -0.15) is 5.10 Å². The standard InChI is InChI=1S/C21H25N5O4S/c1-13(2)25-31(28,29)19-11-16(6-8-18(19)30-5)21(27)23-17-7-9-20(22-12-17)26-15(4)10-14(3)24-26/h6-13,25H,1-5H3,(H,23,27). The fraction of sp³-hybridized carbons (Fsp3) is 0.286. The second-order valence-electron chi connectivity index (χ2n) is 7.34. The summed E-state index contributed by atoms with van der Waals surface area (Å²) >= 11 is 0. The molecule has 0 fully saturated rings. The van der Waals surface area contributed by atoms with Crippen LogP contribution in [0.3, 0.4) is 0 Å². The number of ether oxygens (including phenoxy) is 1. The lowest BCUT2D eigenvalue weighted by Gasteiger charge is -2.14. The third-order valence-electron chi connectivity index (χ3n) is 4.34. The first-order valence-corrected chi connectivity index (χ1v) is 11.1. The Bertz CT molecular complexity index is 1200. The van der Waals surface area contributed by atoms with Crippen molar-refractivity contribution in [2.24, 2.45) is 0 Å². The van der Waals surface area contributed by atoms with Crippen molar-refractivity contribution < 1.29 is 17.9 Å². The number of benzene rings is 1. The summed E-state index contributed by atoms with van der Waals surface area (Å²) in [6.07, 6.45) is 1.52. The maximum absolute atomic E-state index is 12.7. The van der Waals surface area contributed by atoms with E-state index in [2.05, 4.69) is 20.1 Å². The van der Waals surface area contributed by atoms with Gasteiger partial charge in [0.15, 0.2) is 5.82 Å². The van der Waals surface area contributed by atoms with Crippen LogP contribution in [0.4, 0.5) is 5.69 Å². The van der Waals surface area contributed by atoms with E-state index in [-0.39, 0.29) is 22.3 Å². The fourth-order valence-corrected chi connectivity index (χ4v) is 4.50. The minimum absolute atomic E-state index is 0.102. The Hall–Kier alpha value is -3.24. The lowest BCUT2D eigenvalue weighted by atomic mass is 10.2. The van der Waals surface area contributed by atoms with E-state index in [0.717, 1.165) is 11.4 Å². The number of methoxy groups -OCH3 is 1. The van der Waals surface area contributed by atoms with E-state index < -0.39 is 15.9 Å². The Morgan fingerprint density at radius 3 is 2.42 bits per heavy atom. The van der Waals surface area contributed by atoms with Gasteiger partial charge >= 0.3 is 0 Å². The molecular formula is C21H25N5O4S. The van der Waals surface area contributed by atoms with Crippen LogP contribution in [0.25, 0.3) is 5.82 Å². The minimum Gasteiger partial charge on any atom is -0.495 e. The number of amides is 1. The zero-order valence-corrected chi connectivity index (χ0v) is 18.8. The molecule has 0 saturated carbocycles. The molecule has 1 amide bonds. The van der Waals surface area contributed by atoms with E-state index >= 15 is 0 Å². The van der Waals surface area contributed by atoms with Crippen molar-refractivity contribution in [1.82, 2.24) is 19.5 Å². The highest BCUT2D eigenvalue weighted by Gasteiger charge is 2.22. The van der Waals surface area contributed by atoms with Gasteiger partial charge in [0, 0.05) is 17.3 Å². The number of hydrogen-bond donors (Lipinski definition) is 2. The van der Waals surface area contributed by atoms with Crippen LogP contribution in [0.2, 0.25) is 0 Å². The highest BCUT2D eigenvalue weighted by Crippen LogP contribution is 2.25. The van der Waals surface area contributed by atoms with Crippen molar-refractivity contribution >= 4 is 21.6 Å². The van der Waals surface area contributed by atoms with Crippen LogP contribution in [-0.4, -0.2) is 42.2 Å². The smallest absolute Gasteiger partial charge is 0.255 e. The molecule has 0 aliphatic rings. The lowest BCUT2D eigenvalue weighted by molar-refractivity contribution is 0.102. The van der Waals surface area contributed by atoms with Crippen LogP contribution in [0.5, 0.6) is 5.75 Å². The van der Waals surface area contributed by atoms with Crippen LogP contribution in [0.1, 0.15) is 35.6 Å². The molecule has 31 heavy (non-hydrogen) atoms. The third-order valence-corrected chi connectivity index (χ3v) is 6.02. The van der Waals surface area contributed by atoms with E-state index in [9.17, 15) is 13.2 Å². The predicted octanol–water partition coefficient (Wildman–Crippen LogP) is 2.83. The molecule has 3 aromatic rings. The summed E-state index contributed by atoms with van der Waals surface area (Å²) in [5, 5.41) is 7.11. The first-order valence-electron chi connectivity index (χ1n) is 9.62. The molecule has 0 aliphatic carbocycles. The van der Waals surface area contributed by atoms with Crippen molar-refractivity contribution in [2.45, 2.75) is 38.6 Å². The molecular weight excluding hydrogens is 418 g/mol. The van der Waals surface area contributed by atoms with E-state index in [1.165, 1.54) is 31.5 Å². The van der Waals surface area contributed by atoms with Gasteiger partial charge in [-0.15, -0.1) is 0 Å². The van der Waals surface area contributed by atoms with Gasteiger partial charge in [0.05, 0.1) is 24.7 Å². The topological polar surface area (TPSA) is 115 Å². The molecule has 164 valence electrons. The number of rotatable bonds is 7. The number of anilines is 1. The van der Waals surface area contributed by atoms with Gasteiger partial charge < -0.3 is 10.1 Å². The molecule has 0 bridgehead atoms. The Labute approximate surface area is 181 Å². The molecule has 1 aromatic carbocycles. The fourth-order valence-electron chi connectivity index (χ4n) is 3.05. The van der Waals surface area contributed by atoms with E-state index in [0.29, 0.717) is 11.5 Å². The van der Waals surface area contributed by atoms with E-state index in [1.807, 2.05) is 19.9 Å². The molecule has 0 atom stereocenters. The molecule has 0 unspecified atom stereocenters. The van der Waals surface area contributed by atoms with Gasteiger partial charge in [-0.1, -0.05) is 0 Å². The Kier molecular flexibility index (Phi) is 6.42. The quantitative estimate of drug-likeness (QED) is 0.580. The van der Waals surface area contributed by atoms with Crippen LogP contribution < -0.4 is 14.8 Å². The summed E-state index contributed by atoms with van der Waals surface area (Å²) < 4.78 is 34.6. The van der Waals surface area contributed by atoms with Crippen molar-refractivity contribution in [1.29, 1.82) is 0 Å². The monoisotopic (exact) mass is 443 g/mol. The molecule has 2 heterocycles. The number of carbonyl (C=O) groups excluding carboxylic acids is 1. The lowest BCUT2D eigenvalue weighted by Crippen LogP contribution is -2.30. The summed E-state index contributed by atoms with van der Waals surface area (Å²) in [7, 11) is -2.47. The van der Waals surface area contributed by atoms with Gasteiger partial charge in [0.1, 0.15) is 10.6 Å². The van der Waals surface area contributed by atoms with Crippen molar-refractivity contribution in [2.75, 3.05) is 12.4 Å². The second-order valence-corrected chi connectivity index (χ2v) is 9.02. The van der Waals surface area contributed by atoms with E-state index in [4.69, 9.17) is 4.74 Å². The number of aromatic nitrogens is 3. The summed E-state index contributed by atoms with van der Waals surface area (Å²) in [5.41, 5.74) is 2.47. The van der Waals surface area contributed by atoms with Gasteiger partial charge in [-0.05, 0) is 64.1 Å². The largest absolute Gasteiger partial charge is 0.495 e. The van der Waals surface area contributed by atoms with Gasteiger partial charge in [0.2, 0.25) is 10.0 Å². The summed E-state index contributed by atoms with van der Waals surface area (Å²) in [6, 6.07) is 9.33. The number of nitrogens with zero attached hydrogens (tertiary/aromatic N) is 3. The molecule has 10 heteroatoms. The normalized spacial score (nSPS) is 11.5. The van der Waals surface area contributed by atoms with Crippen LogP contribution in [0.15, 0.2) is 47.5 Å². The van der Waals surface area contributed by atoms with Crippen molar-refractivity contribution in [3.8, 4) is 11.6 Å². The first kappa shape index (κ1) is 22.4. The van der Waals surface area contributed by atoms with E-state index in [1.54, 1.807) is 30.7 Å². The highest BCUT2D eigenvalue weighted by atomic mass is 32.2. The molecule has 2 aromatic heterocycles. The molecule has 0 spiro atoms. The number of hydrogen-bond acceptors (Lipinski definition) is 6. The van der Waals surface area contributed by atoms with Crippen molar-refractivity contribution in [3.05, 3.63) is 59.5 Å². The van der Waals surface area contributed by atoms with Gasteiger partial charge in [0.25, 0.3) is 5.91 Å². The maximum atomic E-state index is 12.7. The van der Waals surface area contributed by atoms with Gasteiger partial charge in [-0.3, -0.25) is 4.79 Å². The van der Waals surface area contributed by atoms with Gasteiger partial charge in [-0.25, -0.2) is 22.8 Å². The molecule has 3 rings (SSSR count). The Morgan fingerprint density at radius 1 is 1.13 bits per heavy atom. The van der Waals surface area contributed by atoms with Crippen molar-refractivity contribution in [3.63, 3.8) is 0 Å². The third kappa shape index (κ3) is 5.09. The average molecular weight is 444 g/mol. The molecule has 0 radical (unpaired) electrons. The number of sulfonamides is 1. The zero-order chi connectivity index (χ0) is 22.8. The molecule has 0 saturated heterocycles. The number of aryl methyl sites for hydroxylation is 2. The summed E-state index contributed by atoms with van der Waals surface area (Å²) in [5.74, 6) is 0.311. The second kappa shape index (κ2) is 8.86. The molecule has 9 nitrogen and oxygen atoms in total. The first-order chi connectivity index (χ1) is 14.6. The number of nitrogens with one attached hydrogen (secondary N) is 2. The average Bonchev–Trinajstić information content (AvgIpc) is 3.05. The van der Waals surface area contributed by atoms with Crippen LogP contribution in [0, 0.1) is 13.8 Å². The maximum Gasteiger partial charge on any atom is 0.255 e. The zero-order valence-electron chi connectivity index (χ0n) is 18.0. The summed E-state index contributed by atoms with van der Waals surface area (Å²) in [4.78, 5) is 17.0. The Balaban J connectivity index is 1.83. The number of carbonyl (C=O) groups is 1. The predicted molar refractivity (Wildman–Crippen MR) is 117 cm³/mol. The number of pyridine rings is 1. The van der Waals surface area contributed by atoms with Crippen LogP contribution >= 0.6 is 0 Å². The minimum atomic E-state index is -3.85. The molecule has 0 aliphatic heterocycles. The Morgan fingerprint density at radius 2 is 1.87 bits per heavy atom. The SMILES string of the molecule is COc1ccc(C(=O)Nc2ccc(-n3nc(C)cc3C)nc2)cc1S(=O)(=O)NC(C)C. The molecule has 2 N–H and O–H groups in total. The van der Waals surface area contributed by atoms with Crippen LogP contribution in [-0.2, 0) is 10.0 Å².